The molecule has 0 aliphatic carbocycles. The van der Waals surface area contributed by atoms with Crippen LogP contribution >= 0.6 is 12.2 Å². The maximum atomic E-state index is 14.0. The van der Waals surface area contributed by atoms with Gasteiger partial charge in [0, 0.05) is 36.7 Å². The first kappa shape index (κ1) is 24.5. The van der Waals surface area contributed by atoms with E-state index in [4.69, 9.17) is 17.0 Å². The molecular weight excluding hydrogens is 489 g/mol. The van der Waals surface area contributed by atoms with Crippen molar-refractivity contribution in [3.63, 3.8) is 0 Å². The highest BCUT2D eigenvalue weighted by Gasteiger charge is 2.41. The number of carbonyl (C=O) groups is 1. The van der Waals surface area contributed by atoms with Gasteiger partial charge in [-0.1, -0.05) is 18.2 Å². The minimum Gasteiger partial charge on any atom is -0.497 e. The summed E-state index contributed by atoms with van der Waals surface area (Å²) in [5, 5.41) is 6.59. The molecule has 188 valence electrons. The molecule has 0 saturated carbocycles. The molecule has 2 N–H and O–H groups in total. The second-order valence-electron chi connectivity index (χ2n) is 8.60. The Morgan fingerprint density at radius 3 is 2.59 bits per heavy atom. The minimum atomic E-state index is -0.473. The van der Waals surface area contributed by atoms with E-state index >= 15 is 0 Å². The Bertz CT molecular complexity index is 1390. The molecule has 0 radical (unpaired) electrons. The van der Waals surface area contributed by atoms with E-state index in [1.165, 1.54) is 12.1 Å². The van der Waals surface area contributed by atoms with Crippen molar-refractivity contribution in [2.75, 3.05) is 19.0 Å². The average Bonchev–Trinajstić information content (AvgIpc) is 3.53. The zero-order chi connectivity index (χ0) is 25.8. The fraction of sp³-hybridized carbons (Fsp3) is 0.179. The van der Waals surface area contributed by atoms with Crippen molar-refractivity contribution in [2.24, 2.45) is 0 Å². The number of hydrogen-bond acceptors (Lipinski definition) is 4. The predicted molar refractivity (Wildman–Crippen MR) is 144 cm³/mol. The topological polar surface area (TPSA) is 71.4 Å². The number of benzene rings is 2. The number of aromatic nitrogens is 2. The number of amides is 1. The summed E-state index contributed by atoms with van der Waals surface area (Å²) in [5.41, 5.74) is 2.96. The van der Waals surface area contributed by atoms with Gasteiger partial charge in [-0.25, -0.2) is 4.39 Å². The molecule has 9 heteroatoms. The average molecular weight is 516 g/mol. The maximum Gasteiger partial charge on any atom is 0.226 e. The van der Waals surface area contributed by atoms with Gasteiger partial charge in [0.1, 0.15) is 11.6 Å². The third kappa shape index (κ3) is 5.17. The third-order valence-corrected chi connectivity index (χ3v) is 6.71. The molecule has 3 heterocycles. The number of para-hydroxylation sites is 1. The molecule has 1 aliphatic rings. The van der Waals surface area contributed by atoms with Gasteiger partial charge < -0.3 is 24.8 Å². The number of halogens is 1. The van der Waals surface area contributed by atoms with Crippen LogP contribution in [-0.4, -0.2) is 39.1 Å². The number of nitrogens with one attached hydrogen (secondary N) is 2. The molecule has 7 nitrogen and oxygen atoms in total. The Hall–Kier alpha value is -4.24. The number of nitrogens with zero attached hydrogens (tertiary/aromatic N) is 3. The van der Waals surface area contributed by atoms with E-state index in [2.05, 4.69) is 20.2 Å². The fourth-order valence-electron chi connectivity index (χ4n) is 4.58. The number of methoxy groups -OCH3 is 1. The van der Waals surface area contributed by atoms with Gasteiger partial charge in [-0.15, -0.1) is 0 Å². The normalized spacial score (nSPS) is 16.9. The van der Waals surface area contributed by atoms with Crippen LogP contribution in [0.25, 0.3) is 5.69 Å². The van der Waals surface area contributed by atoms with Gasteiger partial charge in [-0.2, -0.15) is 0 Å². The van der Waals surface area contributed by atoms with Gasteiger partial charge in [0.2, 0.25) is 5.91 Å². The first-order valence-corrected chi connectivity index (χ1v) is 12.3. The summed E-state index contributed by atoms with van der Waals surface area (Å²) in [6, 6.07) is 23.3. The number of pyridine rings is 1. The smallest absolute Gasteiger partial charge is 0.226 e. The Morgan fingerprint density at radius 1 is 1.08 bits per heavy atom. The number of thiocarbonyl (C=S) groups is 1. The van der Waals surface area contributed by atoms with Crippen molar-refractivity contribution in [1.82, 2.24) is 19.8 Å². The summed E-state index contributed by atoms with van der Waals surface area (Å²) in [6.45, 7) is 0.341. The molecule has 2 atom stereocenters. The van der Waals surface area contributed by atoms with Crippen molar-refractivity contribution in [2.45, 2.75) is 18.5 Å². The molecule has 1 aliphatic heterocycles. The summed E-state index contributed by atoms with van der Waals surface area (Å²) in [4.78, 5) is 19.3. The molecule has 5 rings (SSSR count). The van der Waals surface area contributed by atoms with Crippen molar-refractivity contribution >= 4 is 28.9 Å². The first-order chi connectivity index (χ1) is 18.0. The zero-order valence-electron chi connectivity index (χ0n) is 20.2. The van der Waals surface area contributed by atoms with Crippen molar-refractivity contribution in [1.29, 1.82) is 0 Å². The van der Waals surface area contributed by atoms with Gasteiger partial charge >= 0.3 is 0 Å². The molecule has 1 fully saturated rings. The van der Waals surface area contributed by atoms with E-state index in [0.29, 0.717) is 11.7 Å². The van der Waals surface area contributed by atoms with E-state index in [1.807, 2.05) is 65.7 Å². The minimum absolute atomic E-state index is 0.130. The van der Waals surface area contributed by atoms with Crippen molar-refractivity contribution in [3.8, 4) is 11.4 Å². The molecule has 37 heavy (non-hydrogen) atoms. The van der Waals surface area contributed by atoms with Crippen LogP contribution in [0.5, 0.6) is 5.75 Å². The lowest BCUT2D eigenvalue weighted by Crippen LogP contribution is -2.33. The lowest BCUT2D eigenvalue weighted by Gasteiger charge is -2.29. The quantitative estimate of drug-likeness (QED) is 0.321. The lowest BCUT2D eigenvalue weighted by molar-refractivity contribution is -0.116. The summed E-state index contributed by atoms with van der Waals surface area (Å²) in [5.74, 6) is 0.00751. The molecule has 2 aromatic heterocycles. The standard InChI is InChI=1S/C28H26FN5O2S/c1-36-20-13-11-19(12-14-20)33-17-6-10-24(33)27-26(23-9-4-5-16-30-23)32-28(37)34(27)18-15-25(35)31-22-8-3-2-7-21(22)29/h2-14,16-17,26-27H,15,18H2,1H3,(H,31,35)(H,32,37)/t26-,27-/m1/s1. The Balaban J connectivity index is 1.44. The Kier molecular flexibility index (Phi) is 7.14. The van der Waals surface area contributed by atoms with E-state index < -0.39 is 5.82 Å². The van der Waals surface area contributed by atoms with Crippen LogP contribution in [0.15, 0.2) is 91.3 Å². The predicted octanol–water partition coefficient (Wildman–Crippen LogP) is 5.02. The number of ether oxygens (including phenoxy) is 1. The molecular formula is C28H26FN5O2S. The lowest BCUT2D eigenvalue weighted by atomic mass is 10.0. The second-order valence-corrected chi connectivity index (χ2v) is 8.99. The number of rotatable bonds is 8. The maximum absolute atomic E-state index is 14.0. The van der Waals surface area contributed by atoms with Crippen LogP contribution in [0.2, 0.25) is 0 Å². The Labute approximate surface area is 219 Å². The van der Waals surface area contributed by atoms with Crippen LogP contribution in [-0.2, 0) is 4.79 Å². The van der Waals surface area contributed by atoms with Gasteiger partial charge in [-0.05, 0) is 72.9 Å². The highest BCUT2D eigenvalue weighted by Crippen LogP contribution is 2.39. The molecule has 0 unspecified atom stereocenters. The molecule has 2 aromatic carbocycles. The van der Waals surface area contributed by atoms with E-state index in [1.54, 1.807) is 25.4 Å². The van der Waals surface area contributed by atoms with Gasteiger partial charge in [0.25, 0.3) is 0 Å². The van der Waals surface area contributed by atoms with Crippen LogP contribution in [0.3, 0.4) is 0 Å². The monoisotopic (exact) mass is 515 g/mol. The summed E-state index contributed by atoms with van der Waals surface area (Å²) in [7, 11) is 1.64. The first-order valence-electron chi connectivity index (χ1n) is 11.9. The highest BCUT2D eigenvalue weighted by atomic mass is 32.1. The summed E-state index contributed by atoms with van der Waals surface area (Å²) < 4.78 is 21.4. The number of hydrogen-bond donors (Lipinski definition) is 2. The van der Waals surface area contributed by atoms with Crippen LogP contribution in [0.4, 0.5) is 10.1 Å². The second kappa shape index (κ2) is 10.8. The van der Waals surface area contributed by atoms with Crippen LogP contribution in [0.1, 0.15) is 29.9 Å². The van der Waals surface area contributed by atoms with Crippen molar-refractivity contribution in [3.05, 3.63) is 108 Å². The van der Waals surface area contributed by atoms with Gasteiger partial charge in [0.05, 0.1) is 30.6 Å². The largest absolute Gasteiger partial charge is 0.497 e. The van der Waals surface area contributed by atoms with E-state index in [0.717, 1.165) is 22.8 Å². The van der Waals surface area contributed by atoms with Crippen LogP contribution in [0, 0.1) is 5.82 Å². The van der Waals surface area contributed by atoms with E-state index in [9.17, 15) is 9.18 Å². The third-order valence-electron chi connectivity index (χ3n) is 6.36. The molecule has 0 bridgehead atoms. The molecule has 0 spiro atoms. The fourth-order valence-corrected chi connectivity index (χ4v) is 4.91. The van der Waals surface area contributed by atoms with Gasteiger partial charge in [0.15, 0.2) is 5.11 Å². The van der Waals surface area contributed by atoms with Gasteiger partial charge in [-0.3, -0.25) is 9.78 Å². The Morgan fingerprint density at radius 2 is 1.86 bits per heavy atom. The van der Waals surface area contributed by atoms with Crippen molar-refractivity contribution < 1.29 is 13.9 Å². The van der Waals surface area contributed by atoms with E-state index in [-0.39, 0.29) is 30.1 Å². The summed E-state index contributed by atoms with van der Waals surface area (Å²) >= 11 is 5.73. The zero-order valence-corrected chi connectivity index (χ0v) is 21.0. The van der Waals surface area contributed by atoms with Crippen LogP contribution < -0.4 is 15.4 Å². The molecule has 4 aromatic rings. The SMILES string of the molecule is COc1ccc(-n2cccc2[C@@H]2[C@@H](c3ccccn3)NC(=S)N2CCC(=O)Nc2ccccc2F)cc1. The molecule has 1 saturated heterocycles. The highest BCUT2D eigenvalue weighted by molar-refractivity contribution is 7.80. The summed E-state index contributed by atoms with van der Waals surface area (Å²) in [6.07, 6.45) is 3.88. The number of anilines is 1. The molecule has 1 amide bonds. The number of carbonyl (C=O) groups excluding carboxylic acids is 1.